The summed E-state index contributed by atoms with van der Waals surface area (Å²) in [4.78, 5) is 28.4. The molecule has 8 nitrogen and oxygen atoms in total. The van der Waals surface area contributed by atoms with Crippen LogP contribution in [0.2, 0.25) is 0 Å². The number of H-pyrrole nitrogens is 1. The number of rotatable bonds is 6. The monoisotopic (exact) mass is 485 g/mol. The van der Waals surface area contributed by atoms with Gasteiger partial charge in [0.25, 0.3) is 0 Å². The number of fused-ring (bicyclic) bond motifs is 2. The first kappa shape index (κ1) is 23.2. The summed E-state index contributed by atoms with van der Waals surface area (Å²) in [6, 6.07) is 4.11. The number of aromatic nitrogens is 5. The first-order chi connectivity index (χ1) is 17.7. The predicted molar refractivity (Wildman–Crippen MR) is 142 cm³/mol. The van der Waals surface area contributed by atoms with Gasteiger partial charge in [-0.2, -0.15) is 10.1 Å². The van der Waals surface area contributed by atoms with Crippen molar-refractivity contribution in [3.05, 3.63) is 42.5 Å². The minimum atomic E-state index is 0.117. The molecule has 8 heteroatoms. The lowest BCUT2D eigenvalue weighted by atomic mass is 9.91. The molecule has 1 aliphatic carbocycles. The fraction of sp³-hybridized carbons (Fsp3) is 0.500. The molecule has 0 aromatic carbocycles. The Morgan fingerprint density at radius 2 is 1.92 bits per heavy atom. The highest BCUT2D eigenvalue weighted by molar-refractivity contribution is 6.04. The minimum absolute atomic E-state index is 0.117. The molecule has 1 saturated heterocycles. The third-order valence-electron chi connectivity index (χ3n) is 8.14. The van der Waals surface area contributed by atoms with Crippen LogP contribution in [0.1, 0.15) is 61.7 Å². The Morgan fingerprint density at radius 1 is 1.11 bits per heavy atom. The first-order valence-corrected chi connectivity index (χ1v) is 13.4. The minimum Gasteiger partial charge on any atom is -0.354 e. The number of carbonyl (C=O) groups is 1. The smallest absolute Gasteiger partial charge is 0.224 e. The lowest BCUT2D eigenvalue weighted by Gasteiger charge is -2.28. The summed E-state index contributed by atoms with van der Waals surface area (Å²) in [7, 11) is 2.19. The summed E-state index contributed by atoms with van der Waals surface area (Å²) in [5.74, 6) is 1.69. The van der Waals surface area contributed by atoms with Gasteiger partial charge < -0.3 is 15.2 Å². The second-order valence-electron chi connectivity index (χ2n) is 10.6. The average Bonchev–Trinajstić information content (AvgIpc) is 3.42. The van der Waals surface area contributed by atoms with Crippen LogP contribution in [0.3, 0.4) is 0 Å². The summed E-state index contributed by atoms with van der Waals surface area (Å²) >= 11 is 0. The van der Waals surface area contributed by atoms with Crippen molar-refractivity contribution in [3.63, 3.8) is 0 Å². The van der Waals surface area contributed by atoms with E-state index in [9.17, 15) is 4.79 Å². The van der Waals surface area contributed by atoms with Crippen molar-refractivity contribution in [2.45, 2.75) is 51.4 Å². The molecule has 5 heterocycles. The van der Waals surface area contributed by atoms with Gasteiger partial charge in [0, 0.05) is 42.0 Å². The molecule has 36 heavy (non-hydrogen) atoms. The molecule has 1 saturated carbocycles. The number of piperidine rings is 1. The third kappa shape index (κ3) is 4.62. The second kappa shape index (κ2) is 10.0. The number of anilines is 1. The Morgan fingerprint density at radius 3 is 2.72 bits per heavy atom. The van der Waals surface area contributed by atoms with Crippen molar-refractivity contribution in [2.24, 2.45) is 11.8 Å². The molecule has 2 aliphatic rings. The predicted octanol–water partition coefficient (Wildman–Crippen LogP) is 5.18. The largest absolute Gasteiger partial charge is 0.354 e. The highest BCUT2D eigenvalue weighted by Crippen LogP contribution is 2.31. The van der Waals surface area contributed by atoms with Crippen LogP contribution in [0.4, 0.5) is 5.95 Å². The lowest BCUT2D eigenvalue weighted by Crippen LogP contribution is -2.33. The number of nitrogens with zero attached hydrogens (tertiary/aromatic N) is 5. The van der Waals surface area contributed by atoms with E-state index in [1.54, 1.807) is 6.20 Å². The molecule has 0 radical (unpaired) electrons. The molecule has 0 unspecified atom stereocenters. The molecule has 6 rings (SSSR count). The SMILES string of the molecule is CN1CCC(CNc2ncc3c(-c4ccn5ncc(C(=O)C6CCCCCC6)c5c4)c[nH]c3n2)CC1. The Hall–Kier alpha value is -3.26. The van der Waals surface area contributed by atoms with Gasteiger partial charge in [-0.1, -0.05) is 25.7 Å². The Balaban J connectivity index is 1.23. The molecular formula is C28H35N7O. The van der Waals surface area contributed by atoms with Gasteiger partial charge in [0.05, 0.1) is 17.3 Å². The number of hydrogen-bond acceptors (Lipinski definition) is 6. The molecule has 4 aromatic rings. The summed E-state index contributed by atoms with van der Waals surface area (Å²) in [6.07, 6.45) is 16.7. The fourth-order valence-electron chi connectivity index (χ4n) is 5.83. The van der Waals surface area contributed by atoms with Crippen LogP contribution < -0.4 is 5.32 Å². The molecule has 1 aliphatic heterocycles. The van der Waals surface area contributed by atoms with Crippen molar-refractivity contribution in [2.75, 3.05) is 32.0 Å². The van der Waals surface area contributed by atoms with Gasteiger partial charge in [0.1, 0.15) is 5.65 Å². The zero-order chi connectivity index (χ0) is 24.5. The van der Waals surface area contributed by atoms with Gasteiger partial charge in [-0.15, -0.1) is 0 Å². The Labute approximate surface area is 211 Å². The molecule has 0 bridgehead atoms. The van der Waals surface area contributed by atoms with Crippen LogP contribution >= 0.6 is 0 Å². The number of hydrogen-bond donors (Lipinski definition) is 2. The van der Waals surface area contributed by atoms with Crippen LogP contribution in [0.15, 0.2) is 36.9 Å². The quantitative estimate of drug-likeness (QED) is 0.289. The van der Waals surface area contributed by atoms with Crippen LogP contribution in [0.25, 0.3) is 27.7 Å². The average molecular weight is 486 g/mol. The van der Waals surface area contributed by atoms with Crippen LogP contribution in [-0.4, -0.2) is 61.9 Å². The number of ketones is 1. The Kier molecular flexibility index (Phi) is 6.44. The first-order valence-electron chi connectivity index (χ1n) is 13.4. The standard InChI is InChI=1S/C28H35N7O/c1-34-11-8-19(9-12-34)15-30-28-31-17-23-22(16-29-27(23)33-28)21-10-13-35-25(14-21)24(18-32-35)26(36)20-6-4-2-3-5-7-20/h10,13-14,16-20H,2-9,11-12,15H2,1H3,(H2,29,30,31,33). The van der Waals surface area contributed by atoms with Crippen molar-refractivity contribution in [1.82, 2.24) is 29.5 Å². The van der Waals surface area contributed by atoms with Crippen molar-refractivity contribution in [3.8, 4) is 11.1 Å². The van der Waals surface area contributed by atoms with E-state index in [1.165, 1.54) is 25.7 Å². The van der Waals surface area contributed by atoms with E-state index in [0.717, 1.165) is 78.6 Å². The van der Waals surface area contributed by atoms with Crippen molar-refractivity contribution < 1.29 is 4.79 Å². The molecule has 0 spiro atoms. The molecule has 2 fully saturated rings. The number of Topliss-reactive ketones (excluding diaryl/α,β-unsaturated/α-hetero) is 1. The summed E-state index contributed by atoms with van der Waals surface area (Å²) in [5, 5.41) is 8.88. The van der Waals surface area contributed by atoms with Crippen LogP contribution in [0, 0.1) is 11.8 Å². The van der Waals surface area contributed by atoms with Crippen molar-refractivity contribution >= 4 is 28.3 Å². The zero-order valence-electron chi connectivity index (χ0n) is 21.0. The summed E-state index contributed by atoms with van der Waals surface area (Å²) < 4.78 is 1.81. The van der Waals surface area contributed by atoms with Gasteiger partial charge in [0.15, 0.2) is 5.78 Å². The number of aromatic amines is 1. The van der Waals surface area contributed by atoms with E-state index >= 15 is 0 Å². The molecule has 2 N–H and O–H groups in total. The van der Waals surface area contributed by atoms with E-state index in [2.05, 4.69) is 38.4 Å². The topological polar surface area (TPSA) is 91.2 Å². The highest BCUT2D eigenvalue weighted by atomic mass is 16.1. The fourth-order valence-corrected chi connectivity index (χ4v) is 5.83. The molecule has 0 amide bonds. The highest BCUT2D eigenvalue weighted by Gasteiger charge is 2.24. The van der Waals surface area contributed by atoms with E-state index in [4.69, 9.17) is 4.98 Å². The van der Waals surface area contributed by atoms with E-state index in [0.29, 0.717) is 11.9 Å². The van der Waals surface area contributed by atoms with Gasteiger partial charge >= 0.3 is 0 Å². The van der Waals surface area contributed by atoms with Crippen LogP contribution in [0.5, 0.6) is 0 Å². The maximum absolute atomic E-state index is 13.4. The normalized spacial score (nSPS) is 18.6. The molecule has 0 atom stereocenters. The number of carbonyl (C=O) groups excluding carboxylic acids is 1. The second-order valence-corrected chi connectivity index (χ2v) is 10.6. The maximum atomic E-state index is 13.4. The number of nitrogens with one attached hydrogen (secondary N) is 2. The molecule has 188 valence electrons. The third-order valence-corrected chi connectivity index (χ3v) is 8.14. The van der Waals surface area contributed by atoms with Gasteiger partial charge in [-0.25, -0.2) is 9.50 Å². The Bertz CT molecular complexity index is 1360. The van der Waals surface area contributed by atoms with E-state index < -0.39 is 0 Å². The molecular weight excluding hydrogens is 450 g/mol. The van der Waals surface area contributed by atoms with Gasteiger partial charge in [-0.3, -0.25) is 4.79 Å². The van der Waals surface area contributed by atoms with Gasteiger partial charge in [-0.05, 0) is 69.4 Å². The van der Waals surface area contributed by atoms with E-state index in [1.807, 2.05) is 29.2 Å². The van der Waals surface area contributed by atoms with E-state index in [-0.39, 0.29) is 11.7 Å². The molecule has 4 aromatic heterocycles. The maximum Gasteiger partial charge on any atom is 0.224 e. The summed E-state index contributed by atoms with van der Waals surface area (Å²) in [6.45, 7) is 3.21. The lowest BCUT2D eigenvalue weighted by molar-refractivity contribution is 0.0909. The zero-order valence-corrected chi connectivity index (χ0v) is 21.0. The van der Waals surface area contributed by atoms with Gasteiger partial charge in [0.2, 0.25) is 5.95 Å². The summed E-state index contributed by atoms with van der Waals surface area (Å²) in [5.41, 5.74) is 4.48. The number of likely N-dealkylation sites (tertiary alicyclic amines) is 1. The van der Waals surface area contributed by atoms with Crippen LogP contribution in [-0.2, 0) is 0 Å². The van der Waals surface area contributed by atoms with Crippen molar-refractivity contribution in [1.29, 1.82) is 0 Å². The number of pyridine rings is 1.